The minimum atomic E-state index is -1.18. The molecule has 0 fully saturated rings. The van der Waals surface area contributed by atoms with E-state index in [1.54, 1.807) is 0 Å². The molecule has 32 heavy (non-hydrogen) atoms. The van der Waals surface area contributed by atoms with Crippen molar-refractivity contribution < 1.29 is 14.4 Å². The van der Waals surface area contributed by atoms with Gasteiger partial charge in [0.05, 0.1) is 33.7 Å². The van der Waals surface area contributed by atoms with E-state index in [0.717, 1.165) is 17.3 Å². The van der Waals surface area contributed by atoms with Gasteiger partial charge in [-0.05, 0) is 32.2 Å². The summed E-state index contributed by atoms with van der Waals surface area (Å²) in [4.78, 5) is 10.0. The number of nitrogens with two attached hydrogens (primary N) is 2. The summed E-state index contributed by atoms with van der Waals surface area (Å²) in [5.41, 5.74) is 10.3. The largest absolute Gasteiger partial charge is 0.548 e. The third kappa shape index (κ3) is 31.5. The van der Waals surface area contributed by atoms with E-state index < -0.39 is 12.0 Å². The lowest BCUT2D eigenvalue weighted by Crippen LogP contribution is -2.41. The second kappa shape index (κ2) is 25.0. The molecule has 0 aromatic carbocycles. The standard InChI is InChI=1S/C21H46N.C6H14N2O2/c1-5-6-7-8-9-10-11-12-13-14-15-16-17-18-19-20-21-22(2,3)4;7-4-2-1-3-5(8)6(9)10/h5-21H2,1-4H3;5H,1-4,7-8H2,(H,9,10)/q+1;/p-1/t;5-/m.0/s1. The third-order valence-corrected chi connectivity index (χ3v) is 5.95. The fourth-order valence-electron chi connectivity index (χ4n) is 3.76. The van der Waals surface area contributed by atoms with Crippen LogP contribution in [0.25, 0.3) is 0 Å². The van der Waals surface area contributed by atoms with Crippen molar-refractivity contribution in [2.75, 3.05) is 34.2 Å². The van der Waals surface area contributed by atoms with Crippen molar-refractivity contribution in [2.24, 2.45) is 11.5 Å². The van der Waals surface area contributed by atoms with Gasteiger partial charge in [0.2, 0.25) is 0 Å². The summed E-state index contributed by atoms with van der Waals surface area (Å²) in [6.45, 7) is 4.21. The van der Waals surface area contributed by atoms with E-state index in [-0.39, 0.29) is 0 Å². The minimum absolute atomic E-state index is 0.458. The Kier molecular flexibility index (Phi) is 26.2. The Morgan fingerprint density at radius 3 is 1.38 bits per heavy atom. The quantitative estimate of drug-likeness (QED) is 0.174. The van der Waals surface area contributed by atoms with Crippen molar-refractivity contribution in [1.29, 1.82) is 0 Å². The van der Waals surface area contributed by atoms with E-state index in [4.69, 9.17) is 11.5 Å². The zero-order chi connectivity index (χ0) is 24.5. The summed E-state index contributed by atoms with van der Waals surface area (Å²) >= 11 is 0. The van der Waals surface area contributed by atoms with E-state index in [9.17, 15) is 9.90 Å². The Balaban J connectivity index is 0. The number of hydrogen-bond donors (Lipinski definition) is 2. The fourth-order valence-corrected chi connectivity index (χ4v) is 3.76. The maximum Gasteiger partial charge on any atom is 0.0780 e. The van der Waals surface area contributed by atoms with Crippen LogP contribution in [0.4, 0.5) is 0 Å². The van der Waals surface area contributed by atoms with Crippen LogP contribution in [0.2, 0.25) is 0 Å². The van der Waals surface area contributed by atoms with Gasteiger partial charge in [0, 0.05) is 6.04 Å². The van der Waals surface area contributed by atoms with Gasteiger partial charge in [-0.1, -0.05) is 103 Å². The van der Waals surface area contributed by atoms with Gasteiger partial charge in [0.25, 0.3) is 0 Å². The van der Waals surface area contributed by atoms with Gasteiger partial charge in [0.1, 0.15) is 0 Å². The number of quaternary nitrogens is 1. The van der Waals surface area contributed by atoms with Gasteiger partial charge in [0.15, 0.2) is 0 Å². The third-order valence-electron chi connectivity index (χ3n) is 5.95. The summed E-state index contributed by atoms with van der Waals surface area (Å²) in [6.07, 6.45) is 25.4. The Hall–Kier alpha value is -0.650. The smallest absolute Gasteiger partial charge is 0.0780 e. The maximum absolute atomic E-state index is 10.0. The highest BCUT2D eigenvalue weighted by Gasteiger charge is 2.05. The molecule has 194 valence electrons. The molecular weight excluding hydrogens is 398 g/mol. The van der Waals surface area contributed by atoms with Crippen LogP contribution in [-0.2, 0) is 4.79 Å². The molecule has 0 spiro atoms. The van der Waals surface area contributed by atoms with E-state index in [2.05, 4.69) is 28.1 Å². The second-order valence-corrected chi connectivity index (χ2v) is 10.5. The van der Waals surface area contributed by atoms with E-state index in [1.165, 1.54) is 109 Å². The zero-order valence-electron chi connectivity index (χ0n) is 22.3. The lowest BCUT2D eigenvalue weighted by molar-refractivity contribution is -0.870. The fraction of sp³-hybridized carbons (Fsp3) is 0.963. The average molecular weight is 458 g/mol. The molecule has 0 aliphatic heterocycles. The Labute approximate surface area is 201 Å². The molecule has 0 amide bonds. The predicted molar refractivity (Wildman–Crippen MR) is 138 cm³/mol. The number of unbranched alkanes of at least 4 members (excludes halogenated alkanes) is 16. The summed E-state index contributed by atoms with van der Waals surface area (Å²) in [7, 11) is 6.89. The van der Waals surface area contributed by atoms with Crippen molar-refractivity contribution in [1.82, 2.24) is 0 Å². The molecule has 0 unspecified atom stereocenters. The number of carboxylic acids is 1. The minimum Gasteiger partial charge on any atom is -0.548 e. The van der Waals surface area contributed by atoms with Crippen LogP contribution in [0.15, 0.2) is 0 Å². The van der Waals surface area contributed by atoms with Gasteiger partial charge in [-0.2, -0.15) is 0 Å². The van der Waals surface area contributed by atoms with Gasteiger partial charge < -0.3 is 25.9 Å². The van der Waals surface area contributed by atoms with Crippen LogP contribution in [0.3, 0.4) is 0 Å². The van der Waals surface area contributed by atoms with Crippen LogP contribution >= 0.6 is 0 Å². The highest BCUT2D eigenvalue weighted by Crippen LogP contribution is 2.13. The van der Waals surface area contributed by atoms with Crippen LogP contribution in [0, 0.1) is 0 Å². The molecule has 0 aromatic rings. The molecule has 0 saturated heterocycles. The number of aliphatic carboxylic acids is 1. The van der Waals surface area contributed by atoms with Crippen molar-refractivity contribution in [3.8, 4) is 0 Å². The van der Waals surface area contributed by atoms with Crippen molar-refractivity contribution >= 4 is 5.97 Å². The zero-order valence-corrected chi connectivity index (χ0v) is 22.3. The number of nitrogens with zero attached hydrogens (tertiary/aromatic N) is 1. The van der Waals surface area contributed by atoms with E-state index in [1.807, 2.05) is 0 Å². The van der Waals surface area contributed by atoms with E-state index >= 15 is 0 Å². The molecule has 0 aliphatic rings. The summed E-state index contributed by atoms with van der Waals surface area (Å²) in [5.74, 6) is -1.18. The van der Waals surface area contributed by atoms with Gasteiger partial charge in [-0.15, -0.1) is 0 Å². The topological polar surface area (TPSA) is 92.2 Å². The molecule has 0 rings (SSSR count). The first-order chi connectivity index (χ1) is 15.2. The summed E-state index contributed by atoms with van der Waals surface area (Å²) < 4.78 is 1.12. The first kappa shape index (κ1) is 33.5. The van der Waals surface area contributed by atoms with Crippen LogP contribution in [0.5, 0.6) is 0 Å². The lowest BCUT2D eigenvalue weighted by atomic mass is 10.0. The van der Waals surface area contributed by atoms with Crippen LogP contribution in [0.1, 0.15) is 129 Å². The maximum atomic E-state index is 10.0. The van der Waals surface area contributed by atoms with Crippen molar-refractivity contribution in [3.05, 3.63) is 0 Å². The number of rotatable bonds is 22. The first-order valence-corrected chi connectivity index (χ1v) is 13.7. The SMILES string of the molecule is CCCCCCCCCCCCCCCCCC[N+](C)(C)C.NCCCC[C@H](N)C(=O)[O-]. The first-order valence-electron chi connectivity index (χ1n) is 13.7. The lowest BCUT2D eigenvalue weighted by Gasteiger charge is -2.23. The molecule has 4 N–H and O–H groups in total. The Bertz CT molecular complexity index is 384. The highest BCUT2D eigenvalue weighted by atomic mass is 16.4. The number of carbonyl (C=O) groups is 1. The van der Waals surface area contributed by atoms with Gasteiger partial charge >= 0.3 is 0 Å². The number of hydrogen-bond acceptors (Lipinski definition) is 4. The molecule has 1 atom stereocenters. The highest BCUT2D eigenvalue weighted by molar-refractivity contribution is 5.70. The van der Waals surface area contributed by atoms with Gasteiger partial charge in [-0.25, -0.2) is 0 Å². The molecule has 0 radical (unpaired) electrons. The number of carboxylic acid groups (broad SMARTS) is 1. The second-order valence-electron chi connectivity index (χ2n) is 10.5. The van der Waals surface area contributed by atoms with Crippen LogP contribution < -0.4 is 16.6 Å². The predicted octanol–water partition coefficient (Wildman–Crippen LogP) is 5.15. The van der Waals surface area contributed by atoms with Crippen molar-refractivity contribution in [2.45, 2.75) is 135 Å². The number of carbonyl (C=O) groups excluding carboxylic acids is 1. The van der Waals surface area contributed by atoms with Crippen LogP contribution in [-0.4, -0.2) is 50.7 Å². The molecule has 5 nitrogen and oxygen atoms in total. The molecule has 5 heteroatoms. The average Bonchev–Trinajstić information content (AvgIpc) is 2.73. The molecule has 0 saturated carbocycles. The Morgan fingerprint density at radius 1 is 0.688 bits per heavy atom. The Morgan fingerprint density at radius 2 is 1.06 bits per heavy atom. The molecular formula is C27H59N3O2. The molecule has 0 aliphatic carbocycles. The van der Waals surface area contributed by atoms with Gasteiger partial charge in [-0.3, -0.25) is 0 Å². The monoisotopic (exact) mass is 457 g/mol. The summed E-state index contributed by atoms with van der Waals surface area (Å²) in [6, 6.07) is -0.827. The van der Waals surface area contributed by atoms with E-state index in [0.29, 0.717) is 13.0 Å². The summed E-state index contributed by atoms with van der Waals surface area (Å²) in [5, 5.41) is 10.0. The molecule has 0 aromatic heterocycles. The molecule has 0 bridgehead atoms. The normalized spacial score (nSPS) is 12.3. The van der Waals surface area contributed by atoms with Crippen molar-refractivity contribution in [3.63, 3.8) is 0 Å². The molecule has 0 heterocycles.